The van der Waals surface area contributed by atoms with E-state index in [0.717, 1.165) is 29.3 Å². The Morgan fingerprint density at radius 3 is 2.54 bits per heavy atom. The van der Waals surface area contributed by atoms with Crippen molar-refractivity contribution in [1.29, 1.82) is 0 Å². The fraction of sp³-hybridized carbons (Fsp3) is 0.227. The van der Waals surface area contributed by atoms with Gasteiger partial charge in [0, 0.05) is 24.5 Å². The highest BCUT2D eigenvalue weighted by Crippen LogP contribution is 2.17. The van der Waals surface area contributed by atoms with Gasteiger partial charge in [-0.3, -0.25) is 4.98 Å². The van der Waals surface area contributed by atoms with Crippen LogP contribution in [0.2, 0.25) is 0 Å². The first-order chi connectivity index (χ1) is 13.8. The van der Waals surface area contributed by atoms with Crippen molar-refractivity contribution >= 4 is 5.96 Å². The van der Waals surface area contributed by atoms with Gasteiger partial charge in [-0.1, -0.05) is 42.5 Å². The van der Waals surface area contributed by atoms with E-state index in [0.29, 0.717) is 25.6 Å². The quantitative estimate of drug-likeness (QED) is 0.467. The first-order valence-electron chi connectivity index (χ1n) is 9.38. The van der Waals surface area contributed by atoms with Gasteiger partial charge in [0.15, 0.2) is 5.96 Å². The Labute approximate surface area is 165 Å². The zero-order valence-electron chi connectivity index (χ0n) is 16.0. The average Bonchev–Trinajstić information content (AvgIpc) is 2.76. The summed E-state index contributed by atoms with van der Waals surface area (Å²) < 4.78 is 5.91. The van der Waals surface area contributed by atoms with Crippen LogP contribution in [0, 0.1) is 0 Å². The molecule has 0 radical (unpaired) electrons. The van der Waals surface area contributed by atoms with Gasteiger partial charge in [-0.25, -0.2) is 9.98 Å². The number of pyridine rings is 2. The van der Waals surface area contributed by atoms with Gasteiger partial charge in [-0.15, -0.1) is 0 Å². The third kappa shape index (κ3) is 6.09. The highest BCUT2D eigenvalue weighted by Gasteiger charge is 2.06. The molecule has 0 aliphatic rings. The summed E-state index contributed by atoms with van der Waals surface area (Å²) >= 11 is 0. The van der Waals surface area contributed by atoms with E-state index in [-0.39, 0.29) is 0 Å². The van der Waals surface area contributed by atoms with Crippen LogP contribution in [-0.4, -0.2) is 22.5 Å². The summed E-state index contributed by atoms with van der Waals surface area (Å²) in [5, 5.41) is 6.55. The topological polar surface area (TPSA) is 71.4 Å². The van der Waals surface area contributed by atoms with Crippen molar-refractivity contribution < 1.29 is 4.74 Å². The summed E-state index contributed by atoms with van der Waals surface area (Å²) in [5.74, 6) is 1.33. The van der Waals surface area contributed by atoms with Gasteiger partial charge in [0.25, 0.3) is 0 Å². The summed E-state index contributed by atoms with van der Waals surface area (Å²) in [4.78, 5) is 13.4. The van der Waals surface area contributed by atoms with Crippen LogP contribution in [0.5, 0.6) is 5.88 Å². The summed E-state index contributed by atoms with van der Waals surface area (Å²) in [5.41, 5.74) is 3.00. The first kappa shape index (κ1) is 19.4. The molecule has 1 aromatic carbocycles. The molecule has 2 heterocycles. The highest BCUT2D eigenvalue weighted by atomic mass is 16.5. The number of aliphatic imine (C=N–C) groups is 1. The lowest BCUT2D eigenvalue weighted by Gasteiger charge is -2.12. The van der Waals surface area contributed by atoms with Crippen LogP contribution < -0.4 is 15.4 Å². The fourth-order valence-electron chi connectivity index (χ4n) is 2.58. The van der Waals surface area contributed by atoms with Crippen molar-refractivity contribution in [1.82, 2.24) is 20.6 Å². The van der Waals surface area contributed by atoms with Crippen molar-refractivity contribution in [2.45, 2.75) is 26.6 Å². The molecule has 3 rings (SSSR count). The van der Waals surface area contributed by atoms with Gasteiger partial charge in [0.05, 0.1) is 18.8 Å². The second-order valence-corrected chi connectivity index (χ2v) is 6.11. The third-order valence-electron chi connectivity index (χ3n) is 3.98. The molecule has 0 spiro atoms. The van der Waals surface area contributed by atoms with E-state index in [4.69, 9.17) is 4.74 Å². The zero-order valence-corrected chi connectivity index (χ0v) is 16.0. The first-order valence-corrected chi connectivity index (χ1v) is 9.38. The summed E-state index contributed by atoms with van der Waals surface area (Å²) in [6.45, 7) is 4.37. The molecule has 3 aromatic rings. The molecule has 6 heteroatoms. The molecular formula is C22H25N5O. The number of ether oxygens (including phenoxy) is 1. The lowest BCUT2D eigenvalue weighted by Crippen LogP contribution is -2.37. The van der Waals surface area contributed by atoms with Gasteiger partial charge in [-0.05, 0) is 30.7 Å². The lowest BCUT2D eigenvalue weighted by atomic mass is 10.2. The van der Waals surface area contributed by atoms with Gasteiger partial charge >= 0.3 is 0 Å². The Bertz CT molecular complexity index is 868. The van der Waals surface area contributed by atoms with Crippen LogP contribution in [0.3, 0.4) is 0 Å². The van der Waals surface area contributed by atoms with Crippen LogP contribution in [0.4, 0.5) is 0 Å². The van der Waals surface area contributed by atoms with Gasteiger partial charge in [0.1, 0.15) is 6.61 Å². The number of nitrogens with zero attached hydrogens (tertiary/aromatic N) is 3. The second-order valence-electron chi connectivity index (χ2n) is 6.11. The number of benzene rings is 1. The monoisotopic (exact) mass is 375 g/mol. The number of nitrogens with one attached hydrogen (secondary N) is 2. The molecule has 0 saturated heterocycles. The second kappa shape index (κ2) is 10.7. The van der Waals surface area contributed by atoms with E-state index in [1.807, 2.05) is 67.6 Å². The Hall–Kier alpha value is -3.41. The molecule has 2 N–H and O–H groups in total. The molecule has 0 bridgehead atoms. The minimum atomic E-state index is 0.468. The van der Waals surface area contributed by atoms with E-state index in [1.165, 1.54) is 0 Å². The van der Waals surface area contributed by atoms with E-state index < -0.39 is 0 Å². The van der Waals surface area contributed by atoms with Gasteiger partial charge in [-0.2, -0.15) is 0 Å². The smallest absolute Gasteiger partial charge is 0.218 e. The molecule has 2 aromatic heterocycles. The van der Waals surface area contributed by atoms with Crippen LogP contribution in [0.1, 0.15) is 23.7 Å². The molecule has 0 aliphatic heterocycles. The maximum atomic E-state index is 5.91. The summed E-state index contributed by atoms with van der Waals surface area (Å²) in [6, 6.07) is 19.8. The Kier molecular flexibility index (Phi) is 7.37. The molecule has 0 aliphatic carbocycles. The van der Waals surface area contributed by atoms with E-state index in [1.54, 1.807) is 12.4 Å². The number of guanidine groups is 1. The average molecular weight is 375 g/mol. The molecule has 6 nitrogen and oxygen atoms in total. The number of hydrogen-bond donors (Lipinski definition) is 2. The number of hydrogen-bond acceptors (Lipinski definition) is 4. The molecule has 0 unspecified atom stereocenters. The standard InChI is InChI=1S/C22H25N5O/c1-2-23-22(27-16-20-12-6-7-13-24-20)26-15-19-11-8-14-25-21(19)28-17-18-9-4-3-5-10-18/h3-14H,2,15-17H2,1H3,(H2,23,26,27). The maximum absolute atomic E-state index is 5.91. The van der Waals surface area contributed by atoms with Crippen molar-refractivity contribution in [3.05, 3.63) is 89.9 Å². The Balaban J connectivity index is 1.63. The highest BCUT2D eigenvalue weighted by molar-refractivity contribution is 5.79. The molecule has 0 amide bonds. The van der Waals surface area contributed by atoms with Crippen LogP contribution >= 0.6 is 0 Å². The van der Waals surface area contributed by atoms with Crippen molar-refractivity contribution in [2.24, 2.45) is 4.99 Å². The SMILES string of the molecule is CCNC(=NCc1cccnc1OCc1ccccc1)NCc1ccccn1. The van der Waals surface area contributed by atoms with Crippen molar-refractivity contribution in [2.75, 3.05) is 6.54 Å². The van der Waals surface area contributed by atoms with Crippen molar-refractivity contribution in [3.63, 3.8) is 0 Å². The molecule has 0 saturated carbocycles. The Morgan fingerprint density at radius 2 is 1.75 bits per heavy atom. The van der Waals surface area contributed by atoms with Crippen molar-refractivity contribution in [3.8, 4) is 5.88 Å². The third-order valence-corrected chi connectivity index (χ3v) is 3.98. The van der Waals surface area contributed by atoms with Crippen LogP contribution in [0.25, 0.3) is 0 Å². The predicted octanol–water partition coefficient (Wildman–Crippen LogP) is 3.31. The van der Waals surface area contributed by atoms with Gasteiger partial charge in [0.2, 0.25) is 5.88 Å². The Morgan fingerprint density at radius 1 is 0.929 bits per heavy atom. The number of rotatable bonds is 8. The minimum Gasteiger partial charge on any atom is -0.473 e. The normalized spacial score (nSPS) is 11.1. The molecule has 0 atom stereocenters. The van der Waals surface area contributed by atoms with Crippen LogP contribution in [0.15, 0.2) is 78.0 Å². The van der Waals surface area contributed by atoms with E-state index in [9.17, 15) is 0 Å². The number of aromatic nitrogens is 2. The molecule has 28 heavy (non-hydrogen) atoms. The summed E-state index contributed by atoms with van der Waals surface area (Å²) in [6.07, 6.45) is 3.52. The summed E-state index contributed by atoms with van der Waals surface area (Å²) in [7, 11) is 0. The molecule has 0 fully saturated rings. The van der Waals surface area contributed by atoms with E-state index >= 15 is 0 Å². The largest absolute Gasteiger partial charge is 0.473 e. The lowest BCUT2D eigenvalue weighted by molar-refractivity contribution is 0.290. The van der Waals surface area contributed by atoms with Crippen LogP contribution in [-0.2, 0) is 19.7 Å². The van der Waals surface area contributed by atoms with E-state index in [2.05, 4.69) is 25.6 Å². The minimum absolute atomic E-state index is 0.468. The molecular weight excluding hydrogens is 350 g/mol. The predicted molar refractivity (Wildman–Crippen MR) is 111 cm³/mol. The molecule has 144 valence electrons. The maximum Gasteiger partial charge on any atom is 0.218 e. The van der Waals surface area contributed by atoms with Gasteiger partial charge < -0.3 is 15.4 Å². The zero-order chi connectivity index (χ0) is 19.4. The fourth-order valence-corrected chi connectivity index (χ4v) is 2.58.